The summed E-state index contributed by atoms with van der Waals surface area (Å²) >= 11 is 0. The summed E-state index contributed by atoms with van der Waals surface area (Å²) in [5, 5.41) is 0. The van der Waals surface area contributed by atoms with Gasteiger partial charge in [0.25, 0.3) is 0 Å². The summed E-state index contributed by atoms with van der Waals surface area (Å²) in [4.78, 5) is 29.5. The van der Waals surface area contributed by atoms with E-state index in [2.05, 4.69) is 4.90 Å². The molecule has 1 saturated carbocycles. The van der Waals surface area contributed by atoms with Gasteiger partial charge in [-0.1, -0.05) is 0 Å². The summed E-state index contributed by atoms with van der Waals surface area (Å²) < 4.78 is 11.2. The van der Waals surface area contributed by atoms with E-state index in [0.717, 1.165) is 50.3 Å². The summed E-state index contributed by atoms with van der Waals surface area (Å²) in [5.74, 6) is 0.716. The lowest BCUT2D eigenvalue weighted by Gasteiger charge is -2.37. The minimum Gasteiger partial charge on any atom is -0.497 e. The van der Waals surface area contributed by atoms with Crippen LogP contribution in [0.2, 0.25) is 0 Å². The average Bonchev–Trinajstić information content (AvgIpc) is 3.33. The molecule has 2 fully saturated rings. The van der Waals surface area contributed by atoms with Crippen molar-refractivity contribution in [2.45, 2.75) is 44.1 Å². The van der Waals surface area contributed by atoms with E-state index in [0.29, 0.717) is 18.4 Å². The Kier molecular flexibility index (Phi) is 5.32. The Balaban J connectivity index is 1.38. The molecule has 0 radical (unpaired) electrons. The summed E-state index contributed by atoms with van der Waals surface area (Å²) in [7, 11) is 3.54. The molecule has 1 spiro atoms. The summed E-state index contributed by atoms with van der Waals surface area (Å²) in [6.45, 7) is 4.06. The van der Waals surface area contributed by atoms with Gasteiger partial charge in [0.05, 0.1) is 12.7 Å². The quantitative estimate of drug-likeness (QED) is 0.729. The zero-order valence-corrected chi connectivity index (χ0v) is 16.9. The number of amides is 1. The van der Waals surface area contributed by atoms with Gasteiger partial charge in [-0.15, -0.1) is 0 Å². The number of nitrogens with zero attached hydrogens (tertiary/aromatic N) is 2. The van der Waals surface area contributed by atoms with E-state index in [4.69, 9.17) is 9.47 Å². The van der Waals surface area contributed by atoms with Crippen molar-refractivity contribution in [3.05, 3.63) is 29.3 Å². The highest BCUT2D eigenvalue weighted by molar-refractivity contribution is 5.95. The van der Waals surface area contributed by atoms with E-state index in [1.54, 1.807) is 19.2 Å². The number of carbonyl (C=O) groups excluding carboxylic acids is 2. The molecule has 0 aromatic heterocycles. The highest BCUT2D eigenvalue weighted by Crippen LogP contribution is 2.49. The third-order valence-electron chi connectivity index (χ3n) is 6.69. The number of likely N-dealkylation sites (tertiary alicyclic amines) is 1. The van der Waals surface area contributed by atoms with Crippen LogP contribution in [0.1, 0.15) is 54.4 Å². The fraction of sp³-hybridized carbons (Fsp3) is 0.636. The molecule has 1 aliphatic carbocycles. The van der Waals surface area contributed by atoms with Crippen LogP contribution >= 0.6 is 0 Å². The maximum absolute atomic E-state index is 12.9. The zero-order chi connectivity index (χ0) is 19.7. The summed E-state index contributed by atoms with van der Waals surface area (Å²) in [6, 6.07) is 5.50. The van der Waals surface area contributed by atoms with Crippen molar-refractivity contribution in [1.29, 1.82) is 0 Å². The third kappa shape index (κ3) is 3.50. The number of fused-ring (bicyclic) bond motifs is 2. The number of carbonyl (C=O) groups is 2. The van der Waals surface area contributed by atoms with Gasteiger partial charge in [-0.3, -0.25) is 4.79 Å². The molecule has 1 aromatic rings. The lowest BCUT2D eigenvalue weighted by molar-refractivity contribution is -0.137. The molecule has 0 bridgehead atoms. The molecular weight excluding hydrogens is 356 g/mol. The van der Waals surface area contributed by atoms with Gasteiger partial charge >= 0.3 is 5.97 Å². The van der Waals surface area contributed by atoms with Crippen LogP contribution in [0.15, 0.2) is 18.2 Å². The van der Waals surface area contributed by atoms with Crippen LogP contribution in [0.4, 0.5) is 0 Å². The lowest BCUT2D eigenvalue weighted by atomic mass is 9.74. The number of hydrogen-bond donors (Lipinski definition) is 0. The molecule has 0 N–H and O–H groups in total. The maximum atomic E-state index is 12.9. The highest BCUT2D eigenvalue weighted by Gasteiger charge is 2.48. The molecule has 1 amide bonds. The van der Waals surface area contributed by atoms with Crippen molar-refractivity contribution in [2.75, 3.05) is 40.3 Å². The molecule has 2 aliphatic heterocycles. The number of likely N-dealkylation sites (N-methyl/N-ethyl adjacent to an activating group) is 1. The Morgan fingerprint density at radius 3 is 2.68 bits per heavy atom. The van der Waals surface area contributed by atoms with Crippen molar-refractivity contribution in [3.63, 3.8) is 0 Å². The number of esters is 1. The first-order valence-electron chi connectivity index (χ1n) is 10.4. The van der Waals surface area contributed by atoms with Crippen LogP contribution in [-0.2, 0) is 15.1 Å². The molecule has 0 atom stereocenters. The first kappa shape index (κ1) is 19.2. The minimum atomic E-state index is -0.591. The second-order valence-corrected chi connectivity index (χ2v) is 8.38. The highest BCUT2D eigenvalue weighted by atomic mass is 16.6. The number of rotatable bonds is 5. The van der Waals surface area contributed by atoms with Gasteiger partial charge in [0.1, 0.15) is 11.4 Å². The van der Waals surface area contributed by atoms with Gasteiger partial charge < -0.3 is 19.3 Å². The minimum absolute atomic E-state index is 0.0163. The van der Waals surface area contributed by atoms with Crippen molar-refractivity contribution in [3.8, 4) is 5.75 Å². The number of hydrogen-bond acceptors (Lipinski definition) is 5. The summed E-state index contributed by atoms with van der Waals surface area (Å²) in [5.41, 5.74) is 0.963. The molecule has 28 heavy (non-hydrogen) atoms. The number of methoxy groups -OCH3 is 1. The van der Waals surface area contributed by atoms with Gasteiger partial charge in [-0.2, -0.15) is 0 Å². The Bertz CT molecular complexity index is 749. The fourth-order valence-electron chi connectivity index (χ4n) is 4.91. The predicted octanol–water partition coefficient (Wildman–Crippen LogP) is 2.81. The van der Waals surface area contributed by atoms with Crippen molar-refractivity contribution in [2.24, 2.45) is 5.92 Å². The van der Waals surface area contributed by atoms with Crippen molar-refractivity contribution >= 4 is 11.9 Å². The van der Waals surface area contributed by atoms with Gasteiger partial charge in [-0.05, 0) is 69.8 Å². The summed E-state index contributed by atoms with van der Waals surface area (Å²) in [6.07, 6.45) is 5.42. The molecule has 1 saturated heterocycles. The van der Waals surface area contributed by atoms with Crippen LogP contribution < -0.4 is 4.74 Å². The van der Waals surface area contributed by atoms with E-state index >= 15 is 0 Å². The average molecular weight is 386 g/mol. The molecule has 1 aromatic carbocycles. The predicted molar refractivity (Wildman–Crippen MR) is 105 cm³/mol. The first-order chi connectivity index (χ1) is 13.5. The normalized spacial score (nSPS) is 26.9. The molecule has 0 unspecified atom stereocenters. The Morgan fingerprint density at radius 2 is 2.00 bits per heavy atom. The molecule has 2 heterocycles. The lowest BCUT2D eigenvalue weighted by Crippen LogP contribution is -2.41. The standard InChI is InChI=1S/C22H30N2O4/c1-23(13-14-24-11-3-4-12-24)20(25)16-7-9-22(10-8-16)19-15-17(27-2)5-6-18(19)21(26)28-22/h5-6,15-16H,3-4,7-14H2,1-2H3/t16-,22+. The van der Waals surface area contributed by atoms with Crippen LogP contribution in [-0.4, -0.2) is 62.0 Å². The molecule has 3 aliphatic rings. The second-order valence-electron chi connectivity index (χ2n) is 8.38. The largest absolute Gasteiger partial charge is 0.497 e. The van der Waals surface area contributed by atoms with Crippen molar-refractivity contribution < 1.29 is 19.1 Å². The number of benzene rings is 1. The van der Waals surface area contributed by atoms with Crippen LogP contribution in [0.3, 0.4) is 0 Å². The van der Waals surface area contributed by atoms with Crippen molar-refractivity contribution in [1.82, 2.24) is 9.80 Å². The van der Waals surface area contributed by atoms with Gasteiger partial charge in [0, 0.05) is 31.6 Å². The molecule has 6 nitrogen and oxygen atoms in total. The molecule has 152 valence electrons. The topological polar surface area (TPSA) is 59.1 Å². The van der Waals surface area contributed by atoms with Crippen LogP contribution in [0.5, 0.6) is 5.75 Å². The fourth-order valence-corrected chi connectivity index (χ4v) is 4.91. The Morgan fingerprint density at radius 1 is 1.29 bits per heavy atom. The smallest absolute Gasteiger partial charge is 0.339 e. The van der Waals surface area contributed by atoms with Crippen LogP contribution in [0.25, 0.3) is 0 Å². The van der Waals surface area contributed by atoms with Gasteiger partial charge in [-0.25, -0.2) is 4.79 Å². The maximum Gasteiger partial charge on any atom is 0.339 e. The first-order valence-corrected chi connectivity index (χ1v) is 10.4. The van der Waals surface area contributed by atoms with Gasteiger partial charge in [0.15, 0.2) is 0 Å². The Hall–Kier alpha value is -2.08. The van der Waals surface area contributed by atoms with Crippen LogP contribution in [0, 0.1) is 5.92 Å². The van der Waals surface area contributed by atoms with Gasteiger partial charge in [0.2, 0.25) is 5.91 Å². The molecule has 6 heteroatoms. The zero-order valence-electron chi connectivity index (χ0n) is 16.9. The third-order valence-corrected chi connectivity index (χ3v) is 6.69. The van der Waals surface area contributed by atoms with E-state index in [1.807, 2.05) is 18.0 Å². The SMILES string of the molecule is COc1ccc2c(c1)[C@]1(CC[C@H](C(=O)N(C)CCN3CCCC3)CC1)OC2=O. The second kappa shape index (κ2) is 7.74. The Labute approximate surface area is 166 Å². The van der Waals surface area contributed by atoms with E-state index in [9.17, 15) is 9.59 Å². The molecular formula is C22H30N2O4. The molecule has 4 rings (SSSR count). The van der Waals surface area contributed by atoms with E-state index in [-0.39, 0.29) is 17.8 Å². The number of ether oxygens (including phenoxy) is 2. The van der Waals surface area contributed by atoms with E-state index < -0.39 is 5.60 Å². The monoisotopic (exact) mass is 386 g/mol. The van der Waals surface area contributed by atoms with E-state index in [1.165, 1.54) is 12.8 Å².